The molecule has 30 heavy (non-hydrogen) atoms. The SMILES string of the molecule is Cc1c(Cl)cccc1N(CC(=O)NCC1(c2ccccc2)CCOCC1)S(C)(=O)=O. The molecule has 1 heterocycles. The van der Waals surface area contributed by atoms with E-state index < -0.39 is 10.0 Å². The summed E-state index contributed by atoms with van der Waals surface area (Å²) in [5.41, 5.74) is 1.95. The highest BCUT2D eigenvalue weighted by Crippen LogP contribution is 2.34. The van der Waals surface area contributed by atoms with Gasteiger partial charge in [0.15, 0.2) is 0 Å². The summed E-state index contributed by atoms with van der Waals surface area (Å²) in [6.45, 7) is 3.11. The van der Waals surface area contributed by atoms with Gasteiger partial charge in [0.2, 0.25) is 15.9 Å². The van der Waals surface area contributed by atoms with Crippen molar-refractivity contribution in [3.63, 3.8) is 0 Å². The summed E-state index contributed by atoms with van der Waals surface area (Å²) in [5, 5.41) is 3.42. The van der Waals surface area contributed by atoms with Gasteiger partial charge >= 0.3 is 0 Å². The summed E-state index contributed by atoms with van der Waals surface area (Å²) in [7, 11) is -3.67. The fourth-order valence-electron chi connectivity index (χ4n) is 3.82. The van der Waals surface area contributed by atoms with E-state index in [1.165, 1.54) is 0 Å². The molecule has 1 aliphatic rings. The van der Waals surface area contributed by atoms with E-state index in [2.05, 4.69) is 17.4 Å². The number of anilines is 1. The Morgan fingerprint density at radius 2 is 1.80 bits per heavy atom. The molecule has 0 saturated carbocycles. The number of hydrogen-bond acceptors (Lipinski definition) is 4. The average Bonchev–Trinajstić information content (AvgIpc) is 2.73. The minimum Gasteiger partial charge on any atom is -0.381 e. The van der Waals surface area contributed by atoms with Crippen molar-refractivity contribution in [1.82, 2.24) is 5.32 Å². The molecule has 0 bridgehead atoms. The molecule has 0 aromatic heterocycles. The van der Waals surface area contributed by atoms with Gasteiger partial charge in [-0.15, -0.1) is 0 Å². The molecule has 2 aromatic rings. The van der Waals surface area contributed by atoms with Gasteiger partial charge in [0.25, 0.3) is 0 Å². The molecule has 1 N–H and O–H groups in total. The Morgan fingerprint density at radius 1 is 1.13 bits per heavy atom. The lowest BCUT2D eigenvalue weighted by atomic mass is 9.74. The third kappa shape index (κ3) is 5.14. The zero-order valence-corrected chi connectivity index (χ0v) is 18.8. The molecule has 1 amide bonds. The number of hydrogen-bond donors (Lipinski definition) is 1. The molecule has 0 spiro atoms. The maximum Gasteiger partial charge on any atom is 0.240 e. The Labute approximate surface area is 183 Å². The molecule has 1 aliphatic heterocycles. The Kier molecular flexibility index (Phi) is 7.06. The maximum atomic E-state index is 12.8. The Morgan fingerprint density at radius 3 is 2.43 bits per heavy atom. The Bertz CT molecular complexity index is 989. The van der Waals surface area contributed by atoms with Crippen LogP contribution in [0.1, 0.15) is 24.0 Å². The largest absolute Gasteiger partial charge is 0.381 e. The first-order valence-corrected chi connectivity index (χ1v) is 12.1. The number of carbonyl (C=O) groups excluding carboxylic acids is 1. The molecule has 0 unspecified atom stereocenters. The van der Waals surface area contributed by atoms with E-state index in [0.29, 0.717) is 36.0 Å². The molecule has 3 rings (SSSR count). The molecule has 0 radical (unpaired) electrons. The lowest BCUT2D eigenvalue weighted by Gasteiger charge is -2.38. The van der Waals surface area contributed by atoms with Gasteiger partial charge in [-0.2, -0.15) is 0 Å². The number of halogens is 1. The van der Waals surface area contributed by atoms with Gasteiger partial charge in [0.1, 0.15) is 6.54 Å². The van der Waals surface area contributed by atoms with Crippen molar-refractivity contribution < 1.29 is 17.9 Å². The summed E-state index contributed by atoms with van der Waals surface area (Å²) >= 11 is 6.16. The molecule has 1 saturated heterocycles. The van der Waals surface area contributed by atoms with Crippen LogP contribution < -0.4 is 9.62 Å². The first-order valence-electron chi connectivity index (χ1n) is 9.86. The topological polar surface area (TPSA) is 75.7 Å². The molecule has 0 atom stereocenters. The molecule has 1 fully saturated rings. The number of nitrogens with one attached hydrogen (secondary N) is 1. The Balaban J connectivity index is 1.77. The predicted molar refractivity (Wildman–Crippen MR) is 120 cm³/mol. The van der Waals surface area contributed by atoms with Crippen LogP contribution in [0.2, 0.25) is 5.02 Å². The van der Waals surface area contributed by atoms with Crippen LogP contribution in [0, 0.1) is 6.92 Å². The number of benzene rings is 2. The van der Waals surface area contributed by atoms with Crippen LogP contribution in [0.3, 0.4) is 0 Å². The fourth-order valence-corrected chi connectivity index (χ4v) is 4.90. The van der Waals surface area contributed by atoms with Gasteiger partial charge in [-0.3, -0.25) is 9.10 Å². The average molecular weight is 451 g/mol. The van der Waals surface area contributed by atoms with Gasteiger partial charge in [-0.1, -0.05) is 48.0 Å². The second kappa shape index (κ2) is 9.37. The number of sulfonamides is 1. The number of amides is 1. The summed E-state index contributed by atoms with van der Waals surface area (Å²) in [5.74, 6) is -0.360. The van der Waals surface area contributed by atoms with Crippen LogP contribution in [0.4, 0.5) is 5.69 Å². The second-order valence-electron chi connectivity index (χ2n) is 7.69. The molecular weight excluding hydrogens is 424 g/mol. The predicted octanol–water partition coefficient (Wildman–Crippen LogP) is 3.28. The molecule has 2 aromatic carbocycles. The van der Waals surface area contributed by atoms with Crippen LogP contribution in [-0.4, -0.2) is 46.9 Å². The van der Waals surface area contributed by atoms with Crippen LogP contribution in [-0.2, 0) is 25.0 Å². The van der Waals surface area contributed by atoms with Gasteiger partial charge in [-0.25, -0.2) is 8.42 Å². The summed E-state index contributed by atoms with van der Waals surface area (Å²) in [6, 6.07) is 15.1. The molecule has 0 aliphatic carbocycles. The highest BCUT2D eigenvalue weighted by Gasteiger charge is 2.35. The van der Waals surface area contributed by atoms with Gasteiger partial charge in [-0.05, 0) is 43.0 Å². The standard InChI is InChI=1S/C22H27ClN2O4S/c1-17-19(23)9-6-10-20(17)25(30(2,27)28)15-21(26)24-16-22(11-13-29-14-12-22)18-7-4-3-5-8-18/h3-10H,11-16H2,1-2H3,(H,24,26). The minimum absolute atomic E-state index is 0.225. The first kappa shape index (κ1) is 22.6. The maximum absolute atomic E-state index is 12.8. The van der Waals surface area contributed by atoms with E-state index in [0.717, 1.165) is 29.0 Å². The molecule has 162 valence electrons. The van der Waals surface area contributed by atoms with Crippen molar-refractivity contribution >= 4 is 33.2 Å². The van der Waals surface area contributed by atoms with Gasteiger partial charge in [0, 0.05) is 30.2 Å². The molecular formula is C22H27ClN2O4S. The Hall–Kier alpha value is -2.09. The smallest absolute Gasteiger partial charge is 0.240 e. The minimum atomic E-state index is -3.67. The number of ether oxygens (including phenoxy) is 1. The van der Waals surface area contributed by atoms with E-state index in [1.807, 2.05) is 18.2 Å². The van der Waals surface area contributed by atoms with Crippen molar-refractivity contribution in [2.45, 2.75) is 25.2 Å². The van der Waals surface area contributed by atoms with Crippen molar-refractivity contribution in [3.05, 3.63) is 64.7 Å². The second-order valence-corrected chi connectivity index (χ2v) is 10.0. The van der Waals surface area contributed by atoms with Crippen molar-refractivity contribution in [3.8, 4) is 0 Å². The lowest BCUT2D eigenvalue weighted by Crippen LogP contribution is -2.48. The van der Waals surface area contributed by atoms with Crippen molar-refractivity contribution in [2.75, 3.05) is 36.9 Å². The number of rotatable bonds is 7. The van der Waals surface area contributed by atoms with Gasteiger partial charge < -0.3 is 10.1 Å². The van der Waals surface area contributed by atoms with Crippen LogP contribution >= 0.6 is 11.6 Å². The number of nitrogens with zero attached hydrogens (tertiary/aromatic N) is 1. The summed E-state index contributed by atoms with van der Waals surface area (Å²) in [4.78, 5) is 12.8. The summed E-state index contributed by atoms with van der Waals surface area (Å²) < 4.78 is 31.4. The van der Waals surface area contributed by atoms with E-state index >= 15 is 0 Å². The van der Waals surface area contributed by atoms with Gasteiger partial charge in [0.05, 0.1) is 11.9 Å². The van der Waals surface area contributed by atoms with Crippen molar-refractivity contribution in [2.24, 2.45) is 0 Å². The fraction of sp³-hybridized carbons (Fsp3) is 0.409. The van der Waals surface area contributed by atoms with Crippen molar-refractivity contribution in [1.29, 1.82) is 0 Å². The highest BCUT2D eigenvalue weighted by atomic mass is 35.5. The third-order valence-corrected chi connectivity index (χ3v) is 7.19. The highest BCUT2D eigenvalue weighted by molar-refractivity contribution is 7.92. The van der Waals surface area contributed by atoms with E-state index in [1.54, 1.807) is 25.1 Å². The zero-order chi connectivity index (χ0) is 21.8. The van der Waals surface area contributed by atoms with E-state index in [-0.39, 0.29) is 17.9 Å². The molecule has 8 heteroatoms. The zero-order valence-electron chi connectivity index (χ0n) is 17.2. The summed E-state index contributed by atoms with van der Waals surface area (Å²) in [6.07, 6.45) is 2.67. The van der Waals surface area contributed by atoms with Crippen LogP contribution in [0.5, 0.6) is 0 Å². The quantitative estimate of drug-likeness (QED) is 0.702. The normalized spacial score (nSPS) is 16.1. The number of carbonyl (C=O) groups is 1. The van der Waals surface area contributed by atoms with E-state index in [9.17, 15) is 13.2 Å². The monoisotopic (exact) mass is 450 g/mol. The van der Waals surface area contributed by atoms with E-state index in [4.69, 9.17) is 16.3 Å². The first-order chi connectivity index (χ1) is 14.2. The molecule has 6 nitrogen and oxygen atoms in total. The third-order valence-electron chi connectivity index (χ3n) is 5.66. The lowest BCUT2D eigenvalue weighted by molar-refractivity contribution is -0.120. The van der Waals surface area contributed by atoms with Crippen LogP contribution in [0.25, 0.3) is 0 Å². The van der Waals surface area contributed by atoms with Crippen LogP contribution in [0.15, 0.2) is 48.5 Å².